The summed E-state index contributed by atoms with van der Waals surface area (Å²) in [5.41, 5.74) is 4.80. The van der Waals surface area contributed by atoms with Crippen LogP contribution in [0.25, 0.3) is 16.9 Å². The van der Waals surface area contributed by atoms with Crippen molar-refractivity contribution in [2.75, 3.05) is 6.54 Å². The Balaban J connectivity index is 1.62. The minimum Gasteiger partial charge on any atom is -0.333 e. The number of benzene rings is 2. The minimum absolute atomic E-state index is 0.155. The quantitative estimate of drug-likeness (QED) is 0.450. The van der Waals surface area contributed by atoms with Crippen molar-refractivity contribution in [2.45, 2.75) is 39.2 Å². The number of halogens is 1. The maximum atomic E-state index is 14.7. The van der Waals surface area contributed by atoms with E-state index in [2.05, 4.69) is 37.9 Å². The zero-order valence-electron chi connectivity index (χ0n) is 18.5. The van der Waals surface area contributed by atoms with Gasteiger partial charge in [0.05, 0.1) is 11.4 Å². The van der Waals surface area contributed by atoms with E-state index in [1.165, 1.54) is 11.6 Å². The molecule has 2 aromatic heterocycles. The number of hydrogen-bond acceptors (Lipinski definition) is 3. The highest BCUT2D eigenvalue weighted by atomic mass is 19.1. The van der Waals surface area contributed by atoms with Crippen molar-refractivity contribution in [1.29, 1.82) is 0 Å². The van der Waals surface area contributed by atoms with E-state index < -0.39 is 0 Å². The van der Waals surface area contributed by atoms with Gasteiger partial charge < -0.3 is 4.90 Å². The molecule has 32 heavy (non-hydrogen) atoms. The predicted molar refractivity (Wildman–Crippen MR) is 122 cm³/mol. The molecule has 0 saturated heterocycles. The molecule has 5 rings (SSSR count). The Bertz CT molecular complexity index is 1340. The molecule has 0 atom stereocenters. The van der Waals surface area contributed by atoms with Crippen molar-refractivity contribution in [1.82, 2.24) is 19.5 Å². The fraction of sp³-hybridized carbons (Fsp3) is 0.269. The Kier molecular flexibility index (Phi) is 4.81. The zero-order valence-corrected chi connectivity index (χ0v) is 18.5. The summed E-state index contributed by atoms with van der Waals surface area (Å²) in [5, 5.41) is 4.71. The van der Waals surface area contributed by atoms with Gasteiger partial charge in [-0.1, -0.05) is 57.2 Å². The Morgan fingerprint density at radius 1 is 1.00 bits per heavy atom. The van der Waals surface area contributed by atoms with Crippen LogP contribution in [0.4, 0.5) is 4.39 Å². The number of aromatic nitrogens is 3. The van der Waals surface area contributed by atoms with Crippen molar-refractivity contribution in [2.24, 2.45) is 0 Å². The number of amides is 1. The molecule has 0 radical (unpaired) electrons. The Morgan fingerprint density at radius 2 is 1.72 bits per heavy atom. The van der Waals surface area contributed by atoms with Gasteiger partial charge >= 0.3 is 0 Å². The summed E-state index contributed by atoms with van der Waals surface area (Å²) in [4.78, 5) is 19.9. The van der Waals surface area contributed by atoms with Gasteiger partial charge in [-0.15, -0.1) is 0 Å². The molecule has 0 N–H and O–H groups in total. The van der Waals surface area contributed by atoms with Crippen molar-refractivity contribution in [3.63, 3.8) is 0 Å². The van der Waals surface area contributed by atoms with Crippen LogP contribution in [0.2, 0.25) is 0 Å². The first kappa shape index (κ1) is 20.4. The molecule has 0 spiro atoms. The maximum absolute atomic E-state index is 14.7. The molecule has 0 aliphatic carbocycles. The largest absolute Gasteiger partial charge is 0.333 e. The summed E-state index contributed by atoms with van der Waals surface area (Å²) in [5.74, 6) is -0.517. The fourth-order valence-electron chi connectivity index (χ4n) is 4.14. The highest BCUT2D eigenvalue weighted by Crippen LogP contribution is 2.28. The van der Waals surface area contributed by atoms with Crippen LogP contribution in [0.5, 0.6) is 0 Å². The topological polar surface area (TPSA) is 50.5 Å². The van der Waals surface area contributed by atoms with Crippen molar-refractivity contribution in [3.8, 4) is 11.3 Å². The lowest BCUT2D eigenvalue weighted by Crippen LogP contribution is -2.36. The molecule has 6 heteroatoms. The normalized spacial score (nSPS) is 13.9. The van der Waals surface area contributed by atoms with Crippen LogP contribution >= 0.6 is 0 Å². The van der Waals surface area contributed by atoms with Gasteiger partial charge in [0.1, 0.15) is 11.5 Å². The molecule has 1 aliphatic rings. The lowest BCUT2D eigenvalue weighted by atomic mass is 9.93. The van der Waals surface area contributed by atoms with Crippen LogP contribution in [-0.4, -0.2) is 31.9 Å². The number of fused-ring (bicyclic) bond motifs is 2. The average Bonchev–Trinajstić information content (AvgIpc) is 3.23. The Labute approximate surface area is 186 Å². The second kappa shape index (κ2) is 7.55. The molecular formula is C26H25FN4O. The molecule has 4 aromatic rings. The Morgan fingerprint density at radius 3 is 2.47 bits per heavy atom. The summed E-state index contributed by atoms with van der Waals surface area (Å²) < 4.78 is 16.4. The molecule has 1 aliphatic heterocycles. The summed E-state index contributed by atoms with van der Waals surface area (Å²) in [6, 6.07) is 18.3. The molecule has 5 nitrogen and oxygen atoms in total. The number of hydrogen-bond donors (Lipinski definition) is 0. The van der Waals surface area contributed by atoms with E-state index in [9.17, 15) is 9.18 Å². The van der Waals surface area contributed by atoms with E-state index in [0.29, 0.717) is 35.7 Å². The van der Waals surface area contributed by atoms with Crippen LogP contribution in [0.3, 0.4) is 0 Å². The number of carbonyl (C=O) groups excluding carboxylic acids is 1. The van der Waals surface area contributed by atoms with Crippen molar-refractivity contribution in [3.05, 3.63) is 89.0 Å². The second-order valence-electron chi connectivity index (χ2n) is 9.30. The van der Waals surface area contributed by atoms with Gasteiger partial charge in [-0.2, -0.15) is 5.10 Å². The smallest absolute Gasteiger partial charge is 0.272 e. The van der Waals surface area contributed by atoms with Crippen LogP contribution in [-0.2, 0) is 18.4 Å². The molecule has 3 heterocycles. The van der Waals surface area contributed by atoms with Crippen molar-refractivity contribution >= 4 is 11.6 Å². The minimum atomic E-state index is -0.363. The van der Waals surface area contributed by atoms with E-state index in [4.69, 9.17) is 5.10 Å². The summed E-state index contributed by atoms with van der Waals surface area (Å²) in [7, 11) is 0. The molecule has 0 bridgehead atoms. The SMILES string of the molecule is CC(C)(C)c1cc2nc(C(=O)N3CCc4ccccc4C3)cc(-c3ccccc3F)n2n1. The van der Waals surface area contributed by atoms with Gasteiger partial charge in [-0.25, -0.2) is 13.9 Å². The summed E-state index contributed by atoms with van der Waals surface area (Å²) >= 11 is 0. The molecule has 1 amide bonds. The van der Waals surface area contributed by atoms with Gasteiger partial charge in [-0.05, 0) is 35.7 Å². The summed E-state index contributed by atoms with van der Waals surface area (Å²) in [6.45, 7) is 7.37. The monoisotopic (exact) mass is 428 g/mol. The van der Waals surface area contributed by atoms with Gasteiger partial charge in [0.25, 0.3) is 5.91 Å². The molecule has 0 saturated carbocycles. The summed E-state index contributed by atoms with van der Waals surface area (Å²) in [6.07, 6.45) is 0.811. The first-order valence-corrected chi connectivity index (χ1v) is 10.8. The zero-order chi connectivity index (χ0) is 22.5. The molecule has 0 unspecified atom stereocenters. The number of rotatable bonds is 2. The predicted octanol–water partition coefficient (Wildman–Crippen LogP) is 5.03. The highest BCUT2D eigenvalue weighted by Gasteiger charge is 2.26. The lowest BCUT2D eigenvalue weighted by Gasteiger charge is -2.28. The maximum Gasteiger partial charge on any atom is 0.272 e. The van der Waals surface area contributed by atoms with Gasteiger partial charge in [0.15, 0.2) is 5.65 Å². The number of carbonyl (C=O) groups is 1. The molecule has 162 valence electrons. The van der Waals surface area contributed by atoms with Crippen LogP contribution in [0, 0.1) is 5.82 Å². The first-order chi connectivity index (χ1) is 15.3. The third kappa shape index (κ3) is 3.55. The standard InChI is InChI=1S/C26H25FN4O/c1-26(2,3)23-15-24-28-21(14-22(31(24)29-23)19-10-6-7-11-20(19)27)25(32)30-13-12-17-8-4-5-9-18(17)16-30/h4-11,14-15H,12-13,16H2,1-3H3. The van der Waals surface area contributed by atoms with E-state index in [-0.39, 0.29) is 17.1 Å². The second-order valence-corrected chi connectivity index (χ2v) is 9.30. The first-order valence-electron chi connectivity index (χ1n) is 10.8. The third-order valence-corrected chi connectivity index (χ3v) is 5.98. The van der Waals surface area contributed by atoms with Gasteiger partial charge in [-0.3, -0.25) is 4.79 Å². The number of nitrogens with zero attached hydrogens (tertiary/aromatic N) is 4. The van der Waals surface area contributed by atoms with Crippen molar-refractivity contribution < 1.29 is 9.18 Å². The van der Waals surface area contributed by atoms with Gasteiger partial charge in [0.2, 0.25) is 0 Å². The molecule has 2 aromatic carbocycles. The van der Waals surface area contributed by atoms with Crippen LogP contribution in [0.1, 0.15) is 48.1 Å². The van der Waals surface area contributed by atoms with E-state index in [0.717, 1.165) is 17.7 Å². The molecule has 0 fully saturated rings. The van der Waals surface area contributed by atoms with E-state index in [1.807, 2.05) is 23.1 Å². The van der Waals surface area contributed by atoms with Crippen LogP contribution in [0.15, 0.2) is 60.7 Å². The Hall–Kier alpha value is -3.54. The lowest BCUT2D eigenvalue weighted by molar-refractivity contribution is 0.0729. The van der Waals surface area contributed by atoms with E-state index in [1.54, 1.807) is 28.8 Å². The third-order valence-electron chi connectivity index (χ3n) is 5.98. The van der Waals surface area contributed by atoms with E-state index >= 15 is 0 Å². The highest BCUT2D eigenvalue weighted by molar-refractivity contribution is 5.94. The van der Waals surface area contributed by atoms with Gasteiger partial charge in [0, 0.05) is 30.1 Å². The fourth-order valence-corrected chi connectivity index (χ4v) is 4.14. The van der Waals surface area contributed by atoms with Crippen LogP contribution < -0.4 is 0 Å². The molecular weight excluding hydrogens is 403 g/mol. The average molecular weight is 429 g/mol.